The van der Waals surface area contributed by atoms with Gasteiger partial charge in [0, 0.05) is 18.7 Å². The second kappa shape index (κ2) is 4.49. The molecule has 1 aliphatic heterocycles. The standard InChI is InChI=1S/C11H10BrF2NO/c12-9-3-4-15(11(9)16)6-7-5-8(13)1-2-10(7)14/h1-2,5,9H,3-4,6H2. The minimum absolute atomic E-state index is 0.0661. The molecule has 0 aliphatic carbocycles. The predicted octanol–water partition coefficient (Wildman–Crippen LogP) is 2.46. The van der Waals surface area contributed by atoms with Gasteiger partial charge in [-0.3, -0.25) is 4.79 Å². The van der Waals surface area contributed by atoms with Gasteiger partial charge in [0.2, 0.25) is 5.91 Å². The molecule has 0 bridgehead atoms. The molecule has 0 saturated carbocycles. The molecule has 0 N–H and O–H groups in total. The lowest BCUT2D eigenvalue weighted by atomic mass is 10.2. The van der Waals surface area contributed by atoms with E-state index in [1.54, 1.807) is 0 Å². The number of carbonyl (C=O) groups excluding carboxylic acids is 1. The summed E-state index contributed by atoms with van der Waals surface area (Å²) in [4.78, 5) is 12.9. The van der Waals surface area contributed by atoms with Crippen molar-refractivity contribution in [2.45, 2.75) is 17.8 Å². The van der Waals surface area contributed by atoms with Crippen LogP contribution in [-0.4, -0.2) is 22.2 Å². The van der Waals surface area contributed by atoms with Crippen molar-refractivity contribution in [2.24, 2.45) is 0 Å². The fourth-order valence-electron chi connectivity index (χ4n) is 1.73. The van der Waals surface area contributed by atoms with Crippen molar-refractivity contribution in [3.63, 3.8) is 0 Å². The van der Waals surface area contributed by atoms with E-state index in [0.29, 0.717) is 13.0 Å². The molecule has 0 aromatic heterocycles. The molecule has 1 atom stereocenters. The van der Waals surface area contributed by atoms with Crippen molar-refractivity contribution in [2.75, 3.05) is 6.54 Å². The Morgan fingerprint density at radius 3 is 2.81 bits per heavy atom. The van der Waals surface area contributed by atoms with Crippen LogP contribution in [0.4, 0.5) is 8.78 Å². The van der Waals surface area contributed by atoms with Crippen LogP contribution >= 0.6 is 15.9 Å². The number of halogens is 3. The SMILES string of the molecule is O=C1C(Br)CCN1Cc1cc(F)ccc1F. The zero-order valence-electron chi connectivity index (χ0n) is 8.42. The molecule has 1 amide bonds. The van der Waals surface area contributed by atoms with E-state index in [9.17, 15) is 13.6 Å². The van der Waals surface area contributed by atoms with Crippen LogP contribution in [0.1, 0.15) is 12.0 Å². The summed E-state index contributed by atoms with van der Waals surface area (Å²) in [6.07, 6.45) is 0.704. The van der Waals surface area contributed by atoms with Crippen LogP contribution in [0.5, 0.6) is 0 Å². The normalized spacial score (nSPS) is 20.6. The van der Waals surface area contributed by atoms with Gasteiger partial charge in [-0.1, -0.05) is 15.9 Å². The third-order valence-corrected chi connectivity index (χ3v) is 3.45. The molecule has 16 heavy (non-hydrogen) atoms. The van der Waals surface area contributed by atoms with Crippen molar-refractivity contribution in [3.05, 3.63) is 35.4 Å². The Morgan fingerprint density at radius 2 is 2.19 bits per heavy atom. The summed E-state index contributed by atoms with van der Waals surface area (Å²) in [5.41, 5.74) is 0.218. The minimum Gasteiger partial charge on any atom is -0.337 e. The van der Waals surface area contributed by atoms with Crippen LogP contribution in [0, 0.1) is 11.6 Å². The van der Waals surface area contributed by atoms with Crippen molar-refractivity contribution in [1.29, 1.82) is 0 Å². The van der Waals surface area contributed by atoms with E-state index in [4.69, 9.17) is 0 Å². The van der Waals surface area contributed by atoms with Gasteiger partial charge in [0.1, 0.15) is 11.6 Å². The van der Waals surface area contributed by atoms with Crippen LogP contribution in [-0.2, 0) is 11.3 Å². The van der Waals surface area contributed by atoms with Gasteiger partial charge >= 0.3 is 0 Å². The number of hydrogen-bond acceptors (Lipinski definition) is 1. The van der Waals surface area contributed by atoms with Crippen LogP contribution in [0.2, 0.25) is 0 Å². The monoisotopic (exact) mass is 289 g/mol. The van der Waals surface area contributed by atoms with Crippen molar-refractivity contribution >= 4 is 21.8 Å². The number of benzene rings is 1. The molecular weight excluding hydrogens is 280 g/mol. The van der Waals surface area contributed by atoms with Crippen LogP contribution in [0.25, 0.3) is 0 Å². The summed E-state index contributed by atoms with van der Waals surface area (Å²) in [5.74, 6) is -1.03. The van der Waals surface area contributed by atoms with E-state index in [0.717, 1.165) is 18.2 Å². The lowest BCUT2D eigenvalue weighted by Crippen LogP contribution is -2.27. The number of hydrogen-bond donors (Lipinski definition) is 0. The zero-order chi connectivity index (χ0) is 11.7. The maximum Gasteiger partial charge on any atom is 0.236 e. The zero-order valence-corrected chi connectivity index (χ0v) is 10.0. The molecule has 5 heteroatoms. The quantitative estimate of drug-likeness (QED) is 0.766. The predicted molar refractivity (Wildman–Crippen MR) is 59.1 cm³/mol. The van der Waals surface area contributed by atoms with Gasteiger partial charge in [-0.05, 0) is 24.6 Å². The van der Waals surface area contributed by atoms with Gasteiger partial charge in [0.25, 0.3) is 0 Å². The Morgan fingerprint density at radius 1 is 1.44 bits per heavy atom. The summed E-state index contributed by atoms with van der Waals surface area (Å²) >= 11 is 3.23. The summed E-state index contributed by atoms with van der Waals surface area (Å²) in [5, 5.41) is 0. The second-order valence-electron chi connectivity index (χ2n) is 3.75. The molecule has 86 valence electrons. The van der Waals surface area contributed by atoms with Gasteiger partial charge in [-0.15, -0.1) is 0 Å². The molecule has 1 saturated heterocycles. The van der Waals surface area contributed by atoms with E-state index in [1.807, 2.05) is 0 Å². The van der Waals surface area contributed by atoms with Crippen molar-refractivity contribution in [3.8, 4) is 0 Å². The Bertz CT molecular complexity index is 424. The van der Waals surface area contributed by atoms with E-state index in [-0.39, 0.29) is 22.8 Å². The van der Waals surface area contributed by atoms with E-state index < -0.39 is 11.6 Å². The van der Waals surface area contributed by atoms with E-state index in [1.165, 1.54) is 4.90 Å². The maximum absolute atomic E-state index is 13.3. The fraction of sp³-hybridized carbons (Fsp3) is 0.364. The lowest BCUT2D eigenvalue weighted by molar-refractivity contribution is -0.127. The van der Waals surface area contributed by atoms with Crippen LogP contribution in [0.15, 0.2) is 18.2 Å². The molecule has 2 rings (SSSR count). The number of nitrogens with zero attached hydrogens (tertiary/aromatic N) is 1. The number of likely N-dealkylation sites (tertiary alicyclic amines) is 1. The number of rotatable bonds is 2. The van der Waals surface area contributed by atoms with Gasteiger partial charge in [-0.2, -0.15) is 0 Å². The van der Waals surface area contributed by atoms with Gasteiger partial charge in [-0.25, -0.2) is 8.78 Å². The lowest BCUT2D eigenvalue weighted by Gasteiger charge is -2.16. The smallest absolute Gasteiger partial charge is 0.236 e. The second-order valence-corrected chi connectivity index (χ2v) is 4.86. The Hall–Kier alpha value is -0.970. The highest BCUT2D eigenvalue weighted by Crippen LogP contribution is 2.21. The summed E-state index contributed by atoms with van der Waals surface area (Å²) in [6.45, 7) is 0.704. The first-order chi connectivity index (χ1) is 7.58. The van der Waals surface area contributed by atoms with E-state index >= 15 is 0 Å². The molecule has 1 heterocycles. The highest BCUT2D eigenvalue weighted by Gasteiger charge is 2.29. The number of amides is 1. The molecule has 1 fully saturated rings. The molecule has 2 nitrogen and oxygen atoms in total. The van der Waals surface area contributed by atoms with Crippen LogP contribution < -0.4 is 0 Å². The Labute approximate surface area is 100 Å². The molecule has 0 spiro atoms. The molecule has 1 aromatic carbocycles. The Kier molecular flexibility index (Phi) is 3.23. The number of alkyl halides is 1. The van der Waals surface area contributed by atoms with E-state index in [2.05, 4.69) is 15.9 Å². The van der Waals surface area contributed by atoms with Crippen molar-refractivity contribution < 1.29 is 13.6 Å². The van der Waals surface area contributed by atoms with Gasteiger partial charge in [0.15, 0.2) is 0 Å². The average Bonchev–Trinajstić information content (AvgIpc) is 2.55. The maximum atomic E-state index is 13.3. The van der Waals surface area contributed by atoms with Crippen LogP contribution in [0.3, 0.4) is 0 Å². The molecule has 1 aromatic rings. The topological polar surface area (TPSA) is 20.3 Å². The minimum atomic E-state index is -0.488. The first-order valence-electron chi connectivity index (χ1n) is 4.94. The molecule has 0 radical (unpaired) electrons. The Balaban J connectivity index is 2.15. The summed E-state index contributed by atoms with van der Waals surface area (Å²) in [7, 11) is 0. The highest BCUT2D eigenvalue weighted by molar-refractivity contribution is 9.10. The molecular formula is C11H10BrF2NO. The number of carbonyl (C=O) groups is 1. The first-order valence-corrected chi connectivity index (χ1v) is 5.86. The highest BCUT2D eigenvalue weighted by atomic mass is 79.9. The largest absolute Gasteiger partial charge is 0.337 e. The molecule has 1 unspecified atom stereocenters. The third-order valence-electron chi connectivity index (χ3n) is 2.60. The van der Waals surface area contributed by atoms with Crippen molar-refractivity contribution in [1.82, 2.24) is 4.90 Å². The fourth-order valence-corrected chi connectivity index (χ4v) is 2.22. The summed E-state index contributed by atoms with van der Waals surface area (Å²) in [6, 6.07) is 3.28. The third kappa shape index (κ3) is 2.24. The van der Waals surface area contributed by atoms with Gasteiger partial charge in [0.05, 0.1) is 4.83 Å². The summed E-state index contributed by atoms with van der Waals surface area (Å²) < 4.78 is 26.2. The molecule has 1 aliphatic rings. The first kappa shape index (κ1) is 11.5. The van der Waals surface area contributed by atoms with Gasteiger partial charge < -0.3 is 4.90 Å². The average molecular weight is 290 g/mol.